The van der Waals surface area contributed by atoms with Crippen LogP contribution in [0, 0.1) is 5.92 Å². The average molecular weight is 1110 g/mol. The van der Waals surface area contributed by atoms with Gasteiger partial charge in [-0.1, -0.05) is 194 Å². The van der Waals surface area contributed by atoms with E-state index >= 15 is 0 Å². The second-order valence-corrected chi connectivity index (χ2v) is 25.2. The number of hydrogen-bond donors (Lipinski definition) is 0. The molecule has 0 heterocycles. The van der Waals surface area contributed by atoms with Gasteiger partial charge < -0.3 is 20.9 Å². The van der Waals surface area contributed by atoms with E-state index in [0.717, 1.165) is 22.6 Å². The Morgan fingerprint density at radius 1 is 0.417 bits per heavy atom. The third-order valence-corrected chi connectivity index (χ3v) is 18.7. The Balaban J connectivity index is 0.000000224. The standard InChI is InChI=1S/C44H32P2.C19H24N2O2.2ClH.Ru/c1-5-19-35(20-6-1)45(36-21-7-2-8-22-36)41-31-29-33-17-13-15-27-39(33)43(41)44-40-28-16-14-18-34(40)30-32-42(44)46(37-23-9-3-10-24-37)38-25-11-4-12-26-38;1-13(2)18(20)19(21,14-5-9-16(22-3)10-6-14)15-7-11-17(23-4)12-8-15;;;/h1-32H;5-13,18,20-21H,1-4H3;2*1H;/q;-2;;;+4. The molecule has 0 fully saturated rings. The fraction of sp³-hybridized carbons (Fsp3) is 0.111. The van der Waals surface area contributed by atoms with Crippen molar-refractivity contribution in [1.82, 2.24) is 0 Å². The summed E-state index contributed by atoms with van der Waals surface area (Å²) < 4.78 is 10.4. The molecule has 0 bridgehead atoms. The molecule has 1 atom stereocenters. The van der Waals surface area contributed by atoms with Crippen molar-refractivity contribution in [2.45, 2.75) is 25.4 Å². The van der Waals surface area contributed by atoms with Crippen LogP contribution in [0.4, 0.5) is 0 Å². The molecular formula is C63H58Cl2N2O2P2Ru+2. The number of hydrogen-bond acceptors (Lipinski definition) is 2. The van der Waals surface area contributed by atoms with E-state index in [2.05, 4.69) is 194 Å². The maximum absolute atomic E-state index is 9.12. The molecule has 4 nitrogen and oxygen atoms in total. The van der Waals surface area contributed by atoms with Gasteiger partial charge in [-0.2, -0.15) is 0 Å². The number of benzene rings is 10. The van der Waals surface area contributed by atoms with Crippen molar-refractivity contribution in [1.29, 1.82) is 0 Å². The third-order valence-electron chi connectivity index (χ3n) is 13.1. The summed E-state index contributed by atoms with van der Waals surface area (Å²) in [5, 5.41) is 13.6. The Morgan fingerprint density at radius 3 is 1.00 bits per heavy atom. The number of ether oxygens (including phenoxy) is 2. The second kappa shape index (κ2) is 25.3. The van der Waals surface area contributed by atoms with Gasteiger partial charge in [0.25, 0.3) is 0 Å². The van der Waals surface area contributed by atoms with Crippen LogP contribution in [0.3, 0.4) is 0 Å². The van der Waals surface area contributed by atoms with Gasteiger partial charge >= 0.3 is 34.5 Å². The van der Waals surface area contributed by atoms with Crippen molar-refractivity contribution in [3.05, 3.63) is 265 Å². The van der Waals surface area contributed by atoms with Gasteiger partial charge in [-0.15, -0.1) is 6.04 Å². The molecule has 10 aromatic rings. The summed E-state index contributed by atoms with van der Waals surface area (Å²) in [7, 11) is 10.2. The maximum Gasteiger partial charge on any atom is 0.111 e. The van der Waals surface area contributed by atoms with Gasteiger partial charge in [0.1, 0.15) is 43.3 Å². The first-order chi connectivity index (χ1) is 35.2. The molecule has 0 amide bonds. The zero-order valence-electron chi connectivity index (χ0n) is 40.7. The Labute approximate surface area is 443 Å². The number of methoxy groups -OCH3 is 2. The molecule has 1 unspecified atom stereocenters. The smallest absolute Gasteiger partial charge is 0.0620 e. The van der Waals surface area contributed by atoms with E-state index in [1.165, 1.54) is 64.5 Å². The van der Waals surface area contributed by atoms with Crippen molar-refractivity contribution < 1.29 is 24.6 Å². The molecule has 0 saturated heterocycles. The SMILES string of the molecule is COc1ccc(C([NH-])(c2ccc(OC)cc2)C([NH-])C(C)C)cc1.[Cl][Ru+2][Cl].c1ccc([PH+](c2ccccc2)c2ccc3ccccc3c2-c2c([PH+](c3ccccc3)c3ccccc3)ccc3ccccc23)cc1. The molecule has 0 aliphatic carbocycles. The molecule has 0 aliphatic heterocycles. The number of nitrogens with one attached hydrogen (secondary N) is 2. The summed E-state index contributed by atoms with van der Waals surface area (Å²) in [6, 6.07) is 86.5. The van der Waals surface area contributed by atoms with Crippen LogP contribution < -0.4 is 41.3 Å². The predicted octanol–water partition coefficient (Wildman–Crippen LogP) is 15.1. The molecule has 0 spiro atoms. The molecule has 0 saturated carbocycles. The van der Waals surface area contributed by atoms with Crippen molar-refractivity contribution in [3.8, 4) is 22.6 Å². The van der Waals surface area contributed by atoms with Gasteiger partial charge in [0, 0.05) is 11.1 Å². The Bertz CT molecular complexity index is 2990. The van der Waals surface area contributed by atoms with Crippen molar-refractivity contribution >= 4 is 88.6 Å². The first-order valence-corrected chi connectivity index (χ1v) is 31.3. The van der Waals surface area contributed by atoms with Crippen LogP contribution >= 0.6 is 35.2 Å². The van der Waals surface area contributed by atoms with Crippen molar-refractivity contribution in [2.75, 3.05) is 14.2 Å². The molecule has 10 rings (SSSR count). The van der Waals surface area contributed by atoms with Gasteiger partial charge in [0.05, 0.1) is 30.1 Å². The zero-order chi connectivity index (χ0) is 50.5. The molecular weight excluding hydrogens is 1050 g/mol. The molecule has 0 radical (unpaired) electrons. The monoisotopic (exact) mass is 1110 g/mol. The van der Waals surface area contributed by atoms with Crippen LogP contribution in [0.15, 0.2) is 243 Å². The van der Waals surface area contributed by atoms with E-state index in [0.29, 0.717) is 0 Å². The number of halogens is 2. The van der Waals surface area contributed by atoms with Crippen LogP contribution in [0.5, 0.6) is 11.5 Å². The van der Waals surface area contributed by atoms with Crippen LogP contribution in [0.2, 0.25) is 0 Å². The third kappa shape index (κ3) is 11.7. The van der Waals surface area contributed by atoms with E-state index in [1.807, 2.05) is 62.4 Å². The van der Waals surface area contributed by atoms with Crippen LogP contribution in [-0.4, -0.2) is 20.3 Å². The molecule has 362 valence electrons. The first kappa shape index (κ1) is 52.6. The largest absolute Gasteiger partial charge is 0.111 e. The quantitative estimate of drug-likeness (QED) is 0.0853. The summed E-state index contributed by atoms with van der Waals surface area (Å²) in [6.45, 7) is 3.96. The fourth-order valence-electron chi connectivity index (χ4n) is 9.61. The van der Waals surface area contributed by atoms with Crippen LogP contribution in [-0.2, 0) is 20.7 Å². The number of fused-ring (bicyclic) bond motifs is 2. The van der Waals surface area contributed by atoms with Crippen molar-refractivity contribution in [2.24, 2.45) is 5.92 Å². The van der Waals surface area contributed by atoms with Crippen LogP contribution in [0.1, 0.15) is 25.0 Å². The molecule has 0 aromatic heterocycles. The number of rotatable bonds is 13. The average Bonchev–Trinajstić information content (AvgIpc) is 3.44. The van der Waals surface area contributed by atoms with Crippen molar-refractivity contribution in [3.63, 3.8) is 0 Å². The molecule has 10 aromatic carbocycles. The normalized spacial score (nSPS) is 11.7. The minimum atomic E-state index is -1.37. The predicted molar refractivity (Wildman–Crippen MR) is 313 cm³/mol. The van der Waals surface area contributed by atoms with E-state index in [4.69, 9.17) is 40.3 Å². The van der Waals surface area contributed by atoms with Gasteiger partial charge in [0.15, 0.2) is 0 Å². The molecule has 2 N–H and O–H groups in total. The summed E-state index contributed by atoms with van der Waals surface area (Å²) in [5.41, 5.74) is 20.9. The van der Waals surface area contributed by atoms with Gasteiger partial charge in [0.2, 0.25) is 0 Å². The maximum atomic E-state index is 9.12. The van der Waals surface area contributed by atoms with Crippen LogP contribution in [0.25, 0.3) is 44.1 Å². The van der Waals surface area contributed by atoms with Gasteiger partial charge in [-0.05, 0) is 106 Å². The van der Waals surface area contributed by atoms with E-state index in [1.54, 1.807) is 14.2 Å². The minimum absolute atomic E-state index is 0.0525. The Kier molecular flexibility index (Phi) is 18.5. The van der Waals surface area contributed by atoms with E-state index in [-0.39, 0.29) is 21.1 Å². The Hall–Kier alpha value is -5.70. The summed E-state index contributed by atoms with van der Waals surface area (Å²) in [6.07, 6.45) is 0. The molecule has 9 heteroatoms. The summed E-state index contributed by atoms with van der Waals surface area (Å²) in [4.78, 5) is 0. The molecule has 0 aliphatic rings. The second-order valence-electron chi connectivity index (χ2n) is 17.7. The van der Waals surface area contributed by atoms with Gasteiger partial charge in [-0.3, -0.25) is 0 Å². The first-order valence-electron chi connectivity index (χ1n) is 23.8. The Morgan fingerprint density at radius 2 is 0.708 bits per heavy atom. The topological polar surface area (TPSA) is 66.1 Å². The molecule has 72 heavy (non-hydrogen) atoms. The van der Waals surface area contributed by atoms with E-state index < -0.39 is 27.4 Å². The summed E-state index contributed by atoms with van der Waals surface area (Å²) >= 11 is -0.346. The fourth-order valence-corrected chi connectivity index (χ4v) is 15.1. The van der Waals surface area contributed by atoms with E-state index in [9.17, 15) is 0 Å². The summed E-state index contributed by atoms with van der Waals surface area (Å²) in [5.74, 6) is 1.55. The van der Waals surface area contributed by atoms with Gasteiger partial charge in [-0.25, -0.2) is 0 Å². The zero-order valence-corrected chi connectivity index (χ0v) is 45.9. The minimum Gasteiger partial charge on any atom is -0.0620 e.